The van der Waals surface area contributed by atoms with E-state index in [-0.39, 0.29) is 5.54 Å². The van der Waals surface area contributed by atoms with Crippen LogP contribution in [0.2, 0.25) is 0 Å². The fourth-order valence-electron chi connectivity index (χ4n) is 3.97. The lowest BCUT2D eigenvalue weighted by atomic mass is 9.75. The first-order valence-electron chi connectivity index (χ1n) is 7.26. The van der Waals surface area contributed by atoms with Gasteiger partial charge in [0.15, 0.2) is 0 Å². The standard InChI is InChI=1S/C14H24N2O/c15-14(7-3-8-14)10-13(17)16-9-2-5-11-4-1-6-12(11)16/h11-12H,1-10,15H2. The number of nitrogens with two attached hydrogens (primary N) is 1. The van der Waals surface area contributed by atoms with Crippen LogP contribution in [0.15, 0.2) is 0 Å². The van der Waals surface area contributed by atoms with Gasteiger partial charge in [-0.25, -0.2) is 0 Å². The summed E-state index contributed by atoms with van der Waals surface area (Å²) in [5.74, 6) is 1.13. The van der Waals surface area contributed by atoms with Gasteiger partial charge in [-0.3, -0.25) is 4.79 Å². The molecule has 2 aliphatic carbocycles. The van der Waals surface area contributed by atoms with E-state index in [2.05, 4.69) is 4.90 Å². The summed E-state index contributed by atoms with van der Waals surface area (Å²) in [5, 5.41) is 0. The first-order valence-corrected chi connectivity index (χ1v) is 7.26. The van der Waals surface area contributed by atoms with Crippen molar-refractivity contribution in [2.75, 3.05) is 6.54 Å². The first-order chi connectivity index (χ1) is 8.18. The second-order valence-electron chi connectivity index (χ2n) is 6.38. The summed E-state index contributed by atoms with van der Waals surface area (Å²) in [6, 6.07) is 0.555. The molecule has 3 rings (SSSR count). The molecular formula is C14H24N2O. The normalized spacial score (nSPS) is 35.2. The molecule has 1 amide bonds. The lowest BCUT2D eigenvalue weighted by Gasteiger charge is -2.42. The van der Waals surface area contributed by atoms with Crippen molar-refractivity contribution in [3.63, 3.8) is 0 Å². The van der Waals surface area contributed by atoms with Gasteiger partial charge < -0.3 is 10.6 Å². The number of hydrogen-bond acceptors (Lipinski definition) is 2. The number of fused-ring (bicyclic) bond motifs is 1. The van der Waals surface area contributed by atoms with Crippen molar-refractivity contribution in [3.8, 4) is 0 Å². The molecule has 3 fully saturated rings. The van der Waals surface area contributed by atoms with Crippen LogP contribution in [0.4, 0.5) is 0 Å². The van der Waals surface area contributed by atoms with E-state index < -0.39 is 0 Å². The molecule has 3 aliphatic rings. The molecule has 0 aromatic carbocycles. The van der Waals surface area contributed by atoms with Crippen LogP contribution in [0.5, 0.6) is 0 Å². The van der Waals surface area contributed by atoms with Gasteiger partial charge in [0.05, 0.1) is 0 Å². The van der Waals surface area contributed by atoms with Crippen LogP contribution < -0.4 is 5.73 Å². The summed E-state index contributed by atoms with van der Waals surface area (Å²) in [4.78, 5) is 14.6. The Labute approximate surface area is 104 Å². The number of amides is 1. The quantitative estimate of drug-likeness (QED) is 0.797. The third kappa shape index (κ3) is 2.10. The zero-order valence-electron chi connectivity index (χ0n) is 10.7. The highest BCUT2D eigenvalue weighted by atomic mass is 16.2. The van der Waals surface area contributed by atoms with Gasteiger partial charge in [-0.2, -0.15) is 0 Å². The van der Waals surface area contributed by atoms with E-state index in [1.165, 1.54) is 38.5 Å². The van der Waals surface area contributed by atoms with Crippen molar-refractivity contribution >= 4 is 5.91 Å². The van der Waals surface area contributed by atoms with E-state index >= 15 is 0 Å². The number of piperidine rings is 1. The van der Waals surface area contributed by atoms with Crippen LogP contribution in [-0.4, -0.2) is 28.9 Å². The smallest absolute Gasteiger partial charge is 0.224 e. The first kappa shape index (κ1) is 11.5. The number of carbonyl (C=O) groups is 1. The number of hydrogen-bond donors (Lipinski definition) is 1. The molecule has 17 heavy (non-hydrogen) atoms. The average molecular weight is 236 g/mol. The molecular weight excluding hydrogens is 212 g/mol. The lowest BCUT2D eigenvalue weighted by Crippen LogP contribution is -2.53. The Balaban J connectivity index is 1.64. The maximum Gasteiger partial charge on any atom is 0.224 e. The van der Waals surface area contributed by atoms with Crippen molar-refractivity contribution in [1.82, 2.24) is 4.90 Å². The molecule has 1 saturated heterocycles. The fourth-order valence-corrected chi connectivity index (χ4v) is 3.97. The van der Waals surface area contributed by atoms with Gasteiger partial charge in [0.25, 0.3) is 0 Å². The van der Waals surface area contributed by atoms with Crippen LogP contribution >= 0.6 is 0 Å². The molecule has 0 spiro atoms. The van der Waals surface area contributed by atoms with Crippen LogP contribution in [0.3, 0.4) is 0 Å². The molecule has 0 aromatic heterocycles. The molecule has 3 heteroatoms. The van der Waals surface area contributed by atoms with Crippen molar-refractivity contribution in [2.45, 2.75) is 69.4 Å². The van der Waals surface area contributed by atoms with Crippen molar-refractivity contribution in [1.29, 1.82) is 0 Å². The van der Waals surface area contributed by atoms with Gasteiger partial charge in [-0.05, 0) is 50.9 Å². The molecule has 0 radical (unpaired) electrons. The molecule has 96 valence electrons. The maximum absolute atomic E-state index is 12.4. The Hall–Kier alpha value is -0.570. The van der Waals surface area contributed by atoms with E-state index in [1.807, 2.05) is 0 Å². The molecule has 2 saturated carbocycles. The fraction of sp³-hybridized carbons (Fsp3) is 0.929. The van der Waals surface area contributed by atoms with Crippen molar-refractivity contribution in [3.05, 3.63) is 0 Å². The minimum Gasteiger partial charge on any atom is -0.339 e. The molecule has 0 aromatic rings. The molecule has 2 atom stereocenters. The Morgan fingerprint density at radius 3 is 2.65 bits per heavy atom. The highest BCUT2D eigenvalue weighted by Crippen LogP contribution is 2.39. The number of carbonyl (C=O) groups excluding carboxylic acids is 1. The summed E-state index contributed by atoms with van der Waals surface area (Å²) in [6.07, 6.45) is 10.3. The minimum atomic E-state index is -0.150. The zero-order chi connectivity index (χ0) is 11.9. The van der Waals surface area contributed by atoms with E-state index in [0.717, 1.165) is 25.3 Å². The highest BCUT2D eigenvalue weighted by Gasteiger charge is 2.41. The number of rotatable bonds is 2. The van der Waals surface area contributed by atoms with Crippen LogP contribution in [0, 0.1) is 5.92 Å². The topological polar surface area (TPSA) is 46.3 Å². The Kier molecular flexibility index (Phi) is 2.89. The Bertz CT molecular complexity index is 311. The largest absolute Gasteiger partial charge is 0.339 e. The molecule has 0 bridgehead atoms. The molecule has 2 N–H and O–H groups in total. The zero-order valence-corrected chi connectivity index (χ0v) is 10.7. The van der Waals surface area contributed by atoms with Gasteiger partial charge in [-0.15, -0.1) is 0 Å². The maximum atomic E-state index is 12.4. The van der Waals surface area contributed by atoms with E-state index in [1.54, 1.807) is 0 Å². The highest BCUT2D eigenvalue weighted by molar-refractivity contribution is 5.78. The molecule has 3 nitrogen and oxygen atoms in total. The van der Waals surface area contributed by atoms with Gasteiger partial charge in [0.2, 0.25) is 5.91 Å². The molecule has 1 heterocycles. The van der Waals surface area contributed by atoms with Crippen LogP contribution in [-0.2, 0) is 4.79 Å². The third-order valence-corrected chi connectivity index (χ3v) is 5.17. The summed E-state index contributed by atoms with van der Waals surface area (Å²) >= 11 is 0. The van der Waals surface area contributed by atoms with Gasteiger partial charge in [0.1, 0.15) is 0 Å². The summed E-state index contributed by atoms with van der Waals surface area (Å²) < 4.78 is 0. The SMILES string of the molecule is NC1(CC(=O)N2CCCC3CCCC32)CCC1. The Morgan fingerprint density at radius 1 is 1.18 bits per heavy atom. The van der Waals surface area contributed by atoms with Crippen molar-refractivity contribution < 1.29 is 4.79 Å². The van der Waals surface area contributed by atoms with Gasteiger partial charge in [0, 0.05) is 24.5 Å². The second kappa shape index (κ2) is 4.27. The second-order valence-corrected chi connectivity index (χ2v) is 6.38. The average Bonchev–Trinajstić information content (AvgIpc) is 2.74. The van der Waals surface area contributed by atoms with Crippen LogP contribution in [0.25, 0.3) is 0 Å². The molecule has 2 unspecified atom stereocenters. The number of nitrogens with zero attached hydrogens (tertiary/aromatic N) is 1. The van der Waals surface area contributed by atoms with Crippen LogP contribution in [0.1, 0.15) is 57.8 Å². The molecule has 1 aliphatic heterocycles. The van der Waals surface area contributed by atoms with E-state index in [9.17, 15) is 4.79 Å². The van der Waals surface area contributed by atoms with Gasteiger partial charge in [-0.1, -0.05) is 6.42 Å². The minimum absolute atomic E-state index is 0.150. The predicted molar refractivity (Wildman–Crippen MR) is 67.5 cm³/mol. The summed E-state index contributed by atoms with van der Waals surface area (Å²) in [5.41, 5.74) is 6.05. The lowest BCUT2D eigenvalue weighted by molar-refractivity contribution is -0.138. The third-order valence-electron chi connectivity index (χ3n) is 5.17. The number of likely N-dealkylation sites (tertiary alicyclic amines) is 1. The van der Waals surface area contributed by atoms with Gasteiger partial charge >= 0.3 is 0 Å². The van der Waals surface area contributed by atoms with E-state index in [0.29, 0.717) is 18.4 Å². The summed E-state index contributed by atoms with van der Waals surface area (Å²) in [7, 11) is 0. The van der Waals surface area contributed by atoms with E-state index in [4.69, 9.17) is 5.73 Å². The summed E-state index contributed by atoms with van der Waals surface area (Å²) in [6.45, 7) is 0.982. The Morgan fingerprint density at radius 2 is 1.94 bits per heavy atom. The van der Waals surface area contributed by atoms with Crippen molar-refractivity contribution in [2.24, 2.45) is 11.7 Å². The monoisotopic (exact) mass is 236 g/mol. The predicted octanol–water partition coefficient (Wildman–Crippen LogP) is 2.05.